The number of hydrogen-bond donors (Lipinski definition) is 2. The molecule has 124 valence electrons. The van der Waals surface area contributed by atoms with Gasteiger partial charge in [-0.2, -0.15) is 0 Å². The Kier molecular flexibility index (Phi) is 5.44. The van der Waals surface area contributed by atoms with Crippen molar-refractivity contribution in [2.45, 2.75) is 39.2 Å². The summed E-state index contributed by atoms with van der Waals surface area (Å²) in [5, 5.41) is 10.5. The molecule has 0 aliphatic heterocycles. The van der Waals surface area contributed by atoms with E-state index in [2.05, 4.69) is 15.8 Å². The zero-order valence-electron chi connectivity index (χ0n) is 13.8. The third kappa shape index (κ3) is 4.81. The predicted molar refractivity (Wildman–Crippen MR) is 91.7 cm³/mol. The molecule has 0 bridgehead atoms. The lowest BCUT2D eigenvalue weighted by Crippen LogP contribution is -2.30. The van der Waals surface area contributed by atoms with Crippen LogP contribution in [0.25, 0.3) is 0 Å². The van der Waals surface area contributed by atoms with Crippen LogP contribution in [0, 0.1) is 0 Å². The molecule has 0 fully saturated rings. The first-order valence-electron chi connectivity index (χ1n) is 7.52. The zero-order chi connectivity index (χ0) is 17.0. The van der Waals surface area contributed by atoms with Crippen LogP contribution >= 0.6 is 11.6 Å². The Hall–Kier alpha value is -1.85. The van der Waals surface area contributed by atoms with E-state index in [0.717, 1.165) is 11.3 Å². The maximum Gasteiger partial charge on any atom is 0.240 e. The number of carbonyl (C=O) groups excluding carboxylic acids is 1. The molecule has 23 heavy (non-hydrogen) atoms. The topological polar surface area (TPSA) is 67.2 Å². The van der Waals surface area contributed by atoms with E-state index in [-0.39, 0.29) is 23.9 Å². The molecule has 0 saturated heterocycles. The maximum absolute atomic E-state index is 12.0. The molecule has 0 aliphatic rings. The third-order valence-corrected chi connectivity index (χ3v) is 3.83. The molecule has 2 aromatic rings. The van der Waals surface area contributed by atoms with Crippen molar-refractivity contribution in [3.8, 4) is 0 Å². The number of aromatic nitrogens is 1. The average Bonchev–Trinajstić information content (AvgIpc) is 2.94. The average molecular weight is 336 g/mol. The predicted octanol–water partition coefficient (Wildman–Crippen LogP) is 3.91. The number of benzene rings is 1. The summed E-state index contributed by atoms with van der Waals surface area (Å²) in [6.45, 7) is 8.20. The molecular formula is C17H22ClN3O2. The highest BCUT2D eigenvalue weighted by Gasteiger charge is 2.19. The monoisotopic (exact) mass is 335 g/mol. The van der Waals surface area contributed by atoms with Gasteiger partial charge in [0.25, 0.3) is 0 Å². The Balaban J connectivity index is 1.88. The highest BCUT2D eigenvalue weighted by atomic mass is 35.5. The standard InChI is InChI=1S/C17H22ClN3O2/c1-11(12-7-5-6-8-13(12)18)19-10-15(22)20-16-9-14(21-23-16)17(2,3)4/h5-9,11,19H,10H2,1-4H3,(H,20,22)/t11-/m0/s1. The van der Waals surface area contributed by atoms with Crippen molar-refractivity contribution < 1.29 is 9.32 Å². The highest BCUT2D eigenvalue weighted by Crippen LogP contribution is 2.24. The van der Waals surface area contributed by atoms with Crippen molar-refractivity contribution in [2.75, 3.05) is 11.9 Å². The quantitative estimate of drug-likeness (QED) is 0.869. The van der Waals surface area contributed by atoms with E-state index in [9.17, 15) is 4.79 Å². The van der Waals surface area contributed by atoms with E-state index in [1.165, 1.54) is 0 Å². The van der Waals surface area contributed by atoms with Gasteiger partial charge in [0.2, 0.25) is 11.8 Å². The number of halogens is 1. The number of hydrogen-bond acceptors (Lipinski definition) is 4. The number of nitrogens with zero attached hydrogens (tertiary/aromatic N) is 1. The first-order chi connectivity index (χ1) is 10.8. The van der Waals surface area contributed by atoms with Gasteiger partial charge >= 0.3 is 0 Å². The molecule has 1 amide bonds. The van der Waals surface area contributed by atoms with E-state index in [1.54, 1.807) is 6.07 Å². The van der Waals surface area contributed by atoms with Crippen molar-refractivity contribution in [2.24, 2.45) is 0 Å². The first kappa shape index (κ1) is 17.5. The SMILES string of the molecule is C[C@H](NCC(=O)Nc1cc(C(C)(C)C)no1)c1ccccc1Cl. The molecular weight excluding hydrogens is 314 g/mol. The molecule has 1 aromatic heterocycles. The van der Waals surface area contributed by atoms with E-state index in [1.807, 2.05) is 52.0 Å². The Morgan fingerprint density at radius 3 is 2.65 bits per heavy atom. The van der Waals surface area contributed by atoms with Gasteiger partial charge in [-0.15, -0.1) is 0 Å². The first-order valence-corrected chi connectivity index (χ1v) is 7.90. The van der Waals surface area contributed by atoms with Gasteiger partial charge in [0.1, 0.15) is 0 Å². The highest BCUT2D eigenvalue weighted by molar-refractivity contribution is 6.31. The summed E-state index contributed by atoms with van der Waals surface area (Å²) in [6.07, 6.45) is 0. The van der Waals surface area contributed by atoms with Gasteiger partial charge in [-0.25, -0.2) is 0 Å². The number of anilines is 1. The fraction of sp³-hybridized carbons (Fsp3) is 0.412. The van der Waals surface area contributed by atoms with Gasteiger partial charge in [-0.05, 0) is 18.6 Å². The molecule has 0 unspecified atom stereocenters. The molecule has 0 aliphatic carbocycles. The van der Waals surface area contributed by atoms with Gasteiger partial charge in [-0.3, -0.25) is 10.1 Å². The number of amides is 1. The van der Waals surface area contributed by atoms with Gasteiger partial charge in [0.15, 0.2) is 0 Å². The lowest BCUT2D eigenvalue weighted by Gasteiger charge is -2.15. The lowest BCUT2D eigenvalue weighted by molar-refractivity contribution is -0.115. The van der Waals surface area contributed by atoms with Crippen LogP contribution in [0.1, 0.15) is 45.0 Å². The van der Waals surface area contributed by atoms with Gasteiger partial charge in [-0.1, -0.05) is 55.7 Å². The summed E-state index contributed by atoms with van der Waals surface area (Å²) >= 11 is 6.15. The summed E-state index contributed by atoms with van der Waals surface area (Å²) in [4.78, 5) is 12.0. The van der Waals surface area contributed by atoms with Crippen LogP contribution in [0.2, 0.25) is 5.02 Å². The van der Waals surface area contributed by atoms with Gasteiger partial charge in [0.05, 0.1) is 12.2 Å². The second-order valence-corrected chi connectivity index (χ2v) is 6.91. The van der Waals surface area contributed by atoms with E-state index in [0.29, 0.717) is 10.9 Å². The minimum Gasteiger partial charge on any atom is -0.338 e. The van der Waals surface area contributed by atoms with E-state index < -0.39 is 0 Å². The number of rotatable bonds is 5. The minimum absolute atomic E-state index is 0.0330. The summed E-state index contributed by atoms with van der Waals surface area (Å²) in [6, 6.07) is 9.27. The number of carbonyl (C=O) groups is 1. The van der Waals surface area contributed by atoms with Crippen molar-refractivity contribution in [3.63, 3.8) is 0 Å². The fourth-order valence-electron chi connectivity index (χ4n) is 2.05. The van der Waals surface area contributed by atoms with Gasteiger partial charge in [0, 0.05) is 22.5 Å². The van der Waals surface area contributed by atoms with Crippen LogP contribution in [-0.2, 0) is 10.2 Å². The Morgan fingerprint density at radius 1 is 1.35 bits per heavy atom. The third-order valence-electron chi connectivity index (χ3n) is 3.48. The van der Waals surface area contributed by atoms with Crippen molar-refractivity contribution in [1.82, 2.24) is 10.5 Å². The lowest BCUT2D eigenvalue weighted by atomic mass is 9.92. The minimum atomic E-state index is -0.194. The van der Waals surface area contributed by atoms with Crippen molar-refractivity contribution >= 4 is 23.4 Å². The largest absolute Gasteiger partial charge is 0.338 e. The fourth-order valence-corrected chi connectivity index (χ4v) is 2.35. The van der Waals surface area contributed by atoms with Gasteiger partial charge < -0.3 is 9.84 Å². The summed E-state index contributed by atoms with van der Waals surface area (Å²) in [7, 11) is 0. The molecule has 6 heteroatoms. The number of nitrogens with one attached hydrogen (secondary N) is 2. The smallest absolute Gasteiger partial charge is 0.240 e. The van der Waals surface area contributed by atoms with Crippen LogP contribution in [0.3, 0.4) is 0 Å². The van der Waals surface area contributed by atoms with Crippen LogP contribution < -0.4 is 10.6 Å². The molecule has 1 atom stereocenters. The second kappa shape index (κ2) is 7.15. The molecule has 0 saturated carbocycles. The second-order valence-electron chi connectivity index (χ2n) is 6.50. The van der Waals surface area contributed by atoms with Crippen molar-refractivity contribution in [1.29, 1.82) is 0 Å². The molecule has 1 aromatic carbocycles. The van der Waals surface area contributed by atoms with E-state index in [4.69, 9.17) is 16.1 Å². The summed E-state index contributed by atoms with van der Waals surface area (Å²) < 4.78 is 5.14. The van der Waals surface area contributed by atoms with E-state index >= 15 is 0 Å². The molecule has 0 radical (unpaired) electrons. The molecule has 0 spiro atoms. The van der Waals surface area contributed by atoms with Crippen LogP contribution in [0.15, 0.2) is 34.9 Å². The maximum atomic E-state index is 12.0. The zero-order valence-corrected chi connectivity index (χ0v) is 14.6. The normalized spacial score (nSPS) is 12.9. The summed E-state index contributed by atoms with van der Waals surface area (Å²) in [5.41, 5.74) is 1.63. The Morgan fingerprint density at radius 2 is 2.04 bits per heavy atom. The van der Waals surface area contributed by atoms with Crippen LogP contribution in [-0.4, -0.2) is 17.6 Å². The molecule has 1 heterocycles. The Bertz CT molecular complexity index is 676. The molecule has 2 N–H and O–H groups in total. The molecule has 2 rings (SSSR count). The van der Waals surface area contributed by atoms with Crippen LogP contribution in [0.4, 0.5) is 5.88 Å². The van der Waals surface area contributed by atoms with Crippen LogP contribution in [0.5, 0.6) is 0 Å². The molecule has 5 nitrogen and oxygen atoms in total. The van der Waals surface area contributed by atoms with Crippen molar-refractivity contribution in [3.05, 3.63) is 46.6 Å². The summed E-state index contributed by atoms with van der Waals surface area (Å²) in [5.74, 6) is 0.160. The Labute approximate surface area is 141 Å².